The van der Waals surface area contributed by atoms with E-state index in [1.54, 1.807) is 0 Å². The highest BCUT2D eigenvalue weighted by Crippen LogP contribution is 2.37. The second kappa shape index (κ2) is 11.0. The fraction of sp³-hybridized carbons (Fsp3) is 0.500. The van der Waals surface area contributed by atoms with Gasteiger partial charge in [0.05, 0.1) is 16.6 Å². The molecule has 7 nitrogen and oxygen atoms in total. The summed E-state index contributed by atoms with van der Waals surface area (Å²) in [6.45, 7) is 5.01. The SMILES string of the molecule is CN1CCN(Cc2ccc3c(c2)nc(NC(=O)c2cccc(C(F)(F)F)c2)n3C2CCC(CO)CC2)CC1. The molecule has 38 heavy (non-hydrogen) atoms. The molecule has 1 aromatic heterocycles. The number of anilines is 1. The first-order chi connectivity index (χ1) is 18.2. The lowest BCUT2D eigenvalue weighted by molar-refractivity contribution is -0.137. The number of likely N-dealkylation sites (N-methyl/N-ethyl adjacent to an activating group) is 1. The lowest BCUT2D eigenvalue weighted by atomic mass is 9.86. The predicted octanol–water partition coefficient (Wildman–Crippen LogP) is 4.78. The Labute approximate surface area is 220 Å². The van der Waals surface area contributed by atoms with Crippen molar-refractivity contribution in [1.82, 2.24) is 19.4 Å². The van der Waals surface area contributed by atoms with Gasteiger partial charge in [-0.2, -0.15) is 13.2 Å². The lowest BCUT2D eigenvalue weighted by Gasteiger charge is -2.32. The number of hydrogen-bond acceptors (Lipinski definition) is 5. The number of hydrogen-bond donors (Lipinski definition) is 2. The van der Waals surface area contributed by atoms with Crippen molar-refractivity contribution in [3.05, 3.63) is 59.2 Å². The fourth-order valence-corrected chi connectivity index (χ4v) is 5.56. The van der Waals surface area contributed by atoms with Crippen LogP contribution in [0.1, 0.15) is 53.2 Å². The van der Waals surface area contributed by atoms with E-state index in [2.05, 4.69) is 28.2 Å². The van der Waals surface area contributed by atoms with Crippen molar-refractivity contribution in [2.45, 2.75) is 44.4 Å². The van der Waals surface area contributed by atoms with E-state index in [0.29, 0.717) is 5.95 Å². The van der Waals surface area contributed by atoms with Crippen molar-refractivity contribution in [3.63, 3.8) is 0 Å². The van der Waals surface area contributed by atoms with Gasteiger partial charge in [0, 0.05) is 50.9 Å². The fourth-order valence-electron chi connectivity index (χ4n) is 5.56. The molecule has 3 aromatic rings. The van der Waals surface area contributed by atoms with E-state index in [0.717, 1.165) is 87.1 Å². The average molecular weight is 530 g/mol. The molecule has 0 radical (unpaired) electrons. The van der Waals surface area contributed by atoms with Crippen LogP contribution in [-0.4, -0.2) is 70.2 Å². The Morgan fingerprint density at radius 2 is 1.79 bits per heavy atom. The maximum absolute atomic E-state index is 13.2. The summed E-state index contributed by atoms with van der Waals surface area (Å²) in [6.07, 6.45) is -1.15. The lowest BCUT2D eigenvalue weighted by Crippen LogP contribution is -2.43. The molecule has 1 aliphatic heterocycles. The highest BCUT2D eigenvalue weighted by atomic mass is 19.4. The molecule has 1 saturated heterocycles. The zero-order valence-corrected chi connectivity index (χ0v) is 21.5. The van der Waals surface area contributed by atoms with Crippen LogP contribution in [0.2, 0.25) is 0 Å². The summed E-state index contributed by atoms with van der Waals surface area (Å²) in [7, 11) is 2.12. The number of carbonyl (C=O) groups is 1. The molecule has 1 aliphatic carbocycles. The van der Waals surface area contributed by atoms with E-state index in [-0.39, 0.29) is 24.1 Å². The topological polar surface area (TPSA) is 73.6 Å². The first-order valence-corrected chi connectivity index (χ1v) is 13.2. The number of nitrogens with zero attached hydrogens (tertiary/aromatic N) is 4. The third kappa shape index (κ3) is 5.87. The standard InChI is InChI=1S/C28H34F3N5O2/c1-34-11-13-35(14-12-34)17-20-7-10-25-24(15-20)32-27(36(25)23-8-5-19(18-37)6-9-23)33-26(38)21-3-2-4-22(16-21)28(29,30)31/h2-4,7,10,15-16,19,23,37H,5-6,8-9,11-14,17-18H2,1H3,(H,32,33,38). The van der Waals surface area contributed by atoms with Gasteiger partial charge >= 0.3 is 6.18 Å². The highest BCUT2D eigenvalue weighted by Gasteiger charge is 2.31. The molecule has 2 aliphatic rings. The van der Waals surface area contributed by atoms with Gasteiger partial charge in [0.1, 0.15) is 0 Å². The quantitative estimate of drug-likeness (QED) is 0.481. The molecule has 0 atom stereocenters. The van der Waals surface area contributed by atoms with Gasteiger partial charge in [-0.25, -0.2) is 4.98 Å². The van der Waals surface area contributed by atoms with Gasteiger partial charge in [0.15, 0.2) is 0 Å². The minimum atomic E-state index is -4.53. The largest absolute Gasteiger partial charge is 0.416 e. The van der Waals surface area contributed by atoms with Crippen molar-refractivity contribution in [3.8, 4) is 0 Å². The number of halogens is 3. The molecule has 0 spiro atoms. The van der Waals surface area contributed by atoms with Crippen LogP contribution < -0.4 is 5.32 Å². The number of alkyl halides is 3. The summed E-state index contributed by atoms with van der Waals surface area (Å²) in [5.74, 6) is -0.0275. The van der Waals surface area contributed by atoms with Crippen molar-refractivity contribution in [1.29, 1.82) is 0 Å². The van der Waals surface area contributed by atoms with E-state index in [4.69, 9.17) is 4.98 Å². The second-order valence-corrected chi connectivity index (χ2v) is 10.6. The average Bonchev–Trinajstić information content (AvgIpc) is 3.26. The van der Waals surface area contributed by atoms with E-state index in [1.807, 2.05) is 16.7 Å². The normalized spacial score (nSPS) is 21.6. The van der Waals surface area contributed by atoms with Crippen LogP contribution in [-0.2, 0) is 12.7 Å². The molecule has 1 amide bonds. The Kier molecular flexibility index (Phi) is 7.74. The summed E-state index contributed by atoms with van der Waals surface area (Å²) in [5, 5.41) is 12.4. The number of nitrogens with one attached hydrogen (secondary N) is 1. The van der Waals surface area contributed by atoms with Crippen LogP contribution in [0.25, 0.3) is 11.0 Å². The minimum absolute atomic E-state index is 0.0711. The molecule has 1 saturated carbocycles. The summed E-state index contributed by atoms with van der Waals surface area (Å²) < 4.78 is 41.7. The number of benzene rings is 2. The maximum Gasteiger partial charge on any atom is 0.416 e. The molecule has 2 heterocycles. The molecule has 204 valence electrons. The van der Waals surface area contributed by atoms with Gasteiger partial charge in [0.25, 0.3) is 5.91 Å². The number of aromatic nitrogens is 2. The Morgan fingerprint density at radius 3 is 2.47 bits per heavy atom. The Hall–Kier alpha value is -2.95. The number of amides is 1. The number of imidazole rings is 1. The number of aliphatic hydroxyl groups is 1. The van der Waals surface area contributed by atoms with Gasteiger partial charge in [-0.05, 0) is 74.5 Å². The van der Waals surface area contributed by atoms with Crippen LogP contribution in [0.3, 0.4) is 0 Å². The third-order valence-electron chi connectivity index (χ3n) is 7.87. The summed E-state index contributed by atoms with van der Waals surface area (Å²) >= 11 is 0. The molecule has 0 bridgehead atoms. The monoisotopic (exact) mass is 529 g/mol. The van der Waals surface area contributed by atoms with Crippen LogP contribution in [0, 0.1) is 5.92 Å². The molecule has 2 aromatic carbocycles. The number of aliphatic hydroxyl groups excluding tert-OH is 1. The van der Waals surface area contributed by atoms with E-state index in [1.165, 1.54) is 12.1 Å². The molecule has 0 unspecified atom stereocenters. The Morgan fingerprint density at radius 1 is 1.05 bits per heavy atom. The van der Waals surface area contributed by atoms with E-state index < -0.39 is 17.6 Å². The van der Waals surface area contributed by atoms with Gasteiger partial charge < -0.3 is 14.6 Å². The second-order valence-electron chi connectivity index (χ2n) is 10.6. The van der Waals surface area contributed by atoms with Gasteiger partial charge in [-0.15, -0.1) is 0 Å². The zero-order valence-electron chi connectivity index (χ0n) is 21.5. The molecule has 2 fully saturated rings. The summed E-state index contributed by atoms with van der Waals surface area (Å²) in [5.41, 5.74) is 1.83. The van der Waals surface area contributed by atoms with Gasteiger partial charge in [-0.3, -0.25) is 15.0 Å². The van der Waals surface area contributed by atoms with E-state index in [9.17, 15) is 23.1 Å². The number of fused-ring (bicyclic) bond motifs is 1. The zero-order chi connectivity index (χ0) is 26.9. The minimum Gasteiger partial charge on any atom is -0.396 e. The number of rotatable bonds is 6. The van der Waals surface area contributed by atoms with Crippen molar-refractivity contribution >= 4 is 22.9 Å². The predicted molar refractivity (Wildman–Crippen MR) is 140 cm³/mol. The van der Waals surface area contributed by atoms with Crippen molar-refractivity contribution < 1.29 is 23.1 Å². The molecule has 2 N–H and O–H groups in total. The van der Waals surface area contributed by atoms with Crippen LogP contribution in [0.5, 0.6) is 0 Å². The number of piperazine rings is 1. The molecule has 10 heteroatoms. The maximum atomic E-state index is 13.2. The third-order valence-corrected chi connectivity index (χ3v) is 7.87. The summed E-state index contributed by atoms with van der Waals surface area (Å²) in [4.78, 5) is 22.6. The smallest absolute Gasteiger partial charge is 0.396 e. The highest BCUT2D eigenvalue weighted by molar-refractivity contribution is 6.04. The van der Waals surface area contributed by atoms with Crippen LogP contribution in [0.4, 0.5) is 19.1 Å². The first-order valence-electron chi connectivity index (χ1n) is 13.2. The Bertz CT molecular complexity index is 1280. The van der Waals surface area contributed by atoms with E-state index >= 15 is 0 Å². The Balaban J connectivity index is 1.44. The van der Waals surface area contributed by atoms with Gasteiger partial charge in [0.2, 0.25) is 5.95 Å². The van der Waals surface area contributed by atoms with Crippen LogP contribution in [0.15, 0.2) is 42.5 Å². The molecular weight excluding hydrogens is 495 g/mol. The molecule has 5 rings (SSSR count). The van der Waals surface area contributed by atoms with Crippen LogP contribution >= 0.6 is 0 Å². The summed E-state index contributed by atoms with van der Waals surface area (Å²) in [6, 6.07) is 10.7. The van der Waals surface area contributed by atoms with Crippen molar-refractivity contribution in [2.24, 2.45) is 5.92 Å². The molecular formula is C28H34F3N5O2. The van der Waals surface area contributed by atoms with Gasteiger partial charge in [-0.1, -0.05) is 12.1 Å². The van der Waals surface area contributed by atoms with Crippen molar-refractivity contribution in [2.75, 3.05) is 45.2 Å². The number of carbonyl (C=O) groups excluding carboxylic acids is 1. The first kappa shape index (κ1) is 26.6.